The predicted molar refractivity (Wildman–Crippen MR) is 79.1 cm³/mol. The van der Waals surface area contributed by atoms with Gasteiger partial charge in [-0.3, -0.25) is 4.79 Å². The van der Waals surface area contributed by atoms with E-state index in [2.05, 4.69) is 19.2 Å². The molecule has 19 heavy (non-hydrogen) atoms. The molecule has 0 aliphatic rings. The summed E-state index contributed by atoms with van der Waals surface area (Å²) in [5.74, 6) is 1.69. The normalized spacial score (nSPS) is 11.9. The Morgan fingerprint density at radius 1 is 1.47 bits per heavy atom. The molecule has 0 spiro atoms. The number of halogens is 1. The smallest absolute Gasteiger partial charge is 0.251 e. The first-order chi connectivity index (χ1) is 9.17. The number of carbonyl (C=O) groups is 1. The zero-order valence-electron chi connectivity index (χ0n) is 11.6. The summed E-state index contributed by atoms with van der Waals surface area (Å²) >= 11 is 5.67. The molecule has 4 heteroatoms. The molecular formula is C15H22ClNO2. The van der Waals surface area contributed by atoms with Crippen molar-refractivity contribution >= 4 is 17.5 Å². The van der Waals surface area contributed by atoms with E-state index in [-0.39, 0.29) is 5.91 Å². The van der Waals surface area contributed by atoms with Gasteiger partial charge in [-0.1, -0.05) is 19.9 Å². The lowest BCUT2D eigenvalue weighted by molar-refractivity contribution is 0.0947. The molecule has 1 N–H and O–H groups in total. The summed E-state index contributed by atoms with van der Waals surface area (Å²) < 4.78 is 5.51. The topological polar surface area (TPSA) is 38.3 Å². The summed E-state index contributed by atoms with van der Waals surface area (Å²) in [7, 11) is 0. The van der Waals surface area contributed by atoms with Gasteiger partial charge in [0.2, 0.25) is 0 Å². The van der Waals surface area contributed by atoms with Crippen LogP contribution < -0.4 is 10.1 Å². The summed E-state index contributed by atoms with van der Waals surface area (Å²) in [4.78, 5) is 12.0. The lowest BCUT2D eigenvalue weighted by atomic mass is 10.1. The molecule has 0 bridgehead atoms. The van der Waals surface area contributed by atoms with Gasteiger partial charge < -0.3 is 10.1 Å². The number of carbonyl (C=O) groups excluding carboxylic acids is 1. The molecule has 0 aliphatic carbocycles. The monoisotopic (exact) mass is 283 g/mol. The first kappa shape index (κ1) is 15.8. The summed E-state index contributed by atoms with van der Waals surface area (Å²) in [6.45, 7) is 5.43. The fraction of sp³-hybridized carbons (Fsp3) is 0.533. The van der Waals surface area contributed by atoms with Crippen molar-refractivity contribution in [3.8, 4) is 5.75 Å². The van der Waals surface area contributed by atoms with Gasteiger partial charge in [-0.25, -0.2) is 0 Å². The molecule has 1 rings (SSSR count). The lowest BCUT2D eigenvalue weighted by Crippen LogP contribution is -2.28. The standard InChI is InChI=1S/C15H22ClNO2/c1-3-9-19-14-6-4-5-13(10-14)15(18)17-11-12(2)7-8-16/h4-6,10,12H,3,7-9,11H2,1-2H3,(H,17,18). The largest absolute Gasteiger partial charge is 0.494 e. The van der Waals surface area contributed by atoms with Crippen molar-refractivity contribution in [2.75, 3.05) is 19.0 Å². The average Bonchev–Trinajstić information content (AvgIpc) is 2.43. The van der Waals surface area contributed by atoms with Crippen molar-refractivity contribution in [3.63, 3.8) is 0 Å². The van der Waals surface area contributed by atoms with Crippen LogP contribution in [0.1, 0.15) is 37.0 Å². The number of ether oxygens (including phenoxy) is 1. The van der Waals surface area contributed by atoms with E-state index in [1.807, 2.05) is 12.1 Å². The highest BCUT2D eigenvalue weighted by Crippen LogP contribution is 2.13. The van der Waals surface area contributed by atoms with Crippen LogP contribution in [0, 0.1) is 5.92 Å². The van der Waals surface area contributed by atoms with Gasteiger partial charge in [0.15, 0.2) is 0 Å². The fourth-order valence-corrected chi connectivity index (χ4v) is 1.98. The minimum absolute atomic E-state index is 0.0663. The fourth-order valence-electron chi connectivity index (χ4n) is 1.60. The predicted octanol–water partition coefficient (Wildman–Crippen LogP) is 3.47. The van der Waals surface area contributed by atoms with Gasteiger partial charge in [-0.05, 0) is 37.0 Å². The summed E-state index contributed by atoms with van der Waals surface area (Å²) in [6, 6.07) is 7.27. The van der Waals surface area contributed by atoms with Crippen LogP contribution in [-0.2, 0) is 0 Å². The maximum absolute atomic E-state index is 12.0. The van der Waals surface area contributed by atoms with Crippen molar-refractivity contribution in [3.05, 3.63) is 29.8 Å². The second-order valence-corrected chi connectivity index (χ2v) is 5.05. The highest BCUT2D eigenvalue weighted by Gasteiger charge is 2.08. The molecule has 106 valence electrons. The van der Waals surface area contributed by atoms with Gasteiger partial charge in [-0.2, -0.15) is 0 Å². The second-order valence-electron chi connectivity index (χ2n) is 4.67. The van der Waals surface area contributed by atoms with Gasteiger partial charge in [0.05, 0.1) is 6.61 Å². The highest BCUT2D eigenvalue weighted by atomic mass is 35.5. The molecular weight excluding hydrogens is 262 g/mol. The summed E-state index contributed by atoms with van der Waals surface area (Å²) in [6.07, 6.45) is 1.86. The number of benzene rings is 1. The van der Waals surface area contributed by atoms with E-state index in [0.717, 1.165) is 18.6 Å². The van der Waals surface area contributed by atoms with E-state index in [0.29, 0.717) is 30.5 Å². The highest BCUT2D eigenvalue weighted by molar-refractivity contribution is 6.17. The number of rotatable bonds is 8. The number of nitrogens with one attached hydrogen (secondary N) is 1. The zero-order valence-corrected chi connectivity index (χ0v) is 12.4. The van der Waals surface area contributed by atoms with Crippen LogP contribution in [0.5, 0.6) is 5.75 Å². The number of amides is 1. The van der Waals surface area contributed by atoms with Crippen LogP contribution in [0.15, 0.2) is 24.3 Å². The van der Waals surface area contributed by atoms with Crippen LogP contribution in [-0.4, -0.2) is 24.9 Å². The molecule has 1 amide bonds. The molecule has 0 fully saturated rings. The van der Waals surface area contributed by atoms with Gasteiger partial charge in [0.25, 0.3) is 5.91 Å². The Morgan fingerprint density at radius 2 is 2.26 bits per heavy atom. The van der Waals surface area contributed by atoms with E-state index >= 15 is 0 Å². The molecule has 0 aromatic heterocycles. The molecule has 3 nitrogen and oxygen atoms in total. The molecule has 0 radical (unpaired) electrons. The third kappa shape index (κ3) is 5.97. The number of hydrogen-bond acceptors (Lipinski definition) is 2. The SMILES string of the molecule is CCCOc1cccc(C(=O)NCC(C)CCCl)c1. The second kappa shape index (κ2) is 8.81. The Labute approximate surface area is 120 Å². The number of hydrogen-bond donors (Lipinski definition) is 1. The third-order valence-corrected chi connectivity index (χ3v) is 3.00. The van der Waals surface area contributed by atoms with E-state index in [9.17, 15) is 4.79 Å². The first-order valence-corrected chi connectivity index (χ1v) is 7.27. The van der Waals surface area contributed by atoms with Crippen LogP contribution >= 0.6 is 11.6 Å². The Balaban J connectivity index is 2.51. The molecule has 0 aliphatic heterocycles. The molecule has 0 saturated carbocycles. The summed E-state index contributed by atoms with van der Waals surface area (Å²) in [5.41, 5.74) is 0.631. The van der Waals surface area contributed by atoms with Crippen LogP contribution in [0.25, 0.3) is 0 Å². The minimum atomic E-state index is -0.0663. The van der Waals surface area contributed by atoms with Crippen molar-refractivity contribution < 1.29 is 9.53 Å². The van der Waals surface area contributed by atoms with Gasteiger partial charge in [0.1, 0.15) is 5.75 Å². The third-order valence-electron chi connectivity index (χ3n) is 2.78. The van der Waals surface area contributed by atoms with Gasteiger partial charge in [-0.15, -0.1) is 11.6 Å². The average molecular weight is 284 g/mol. The van der Waals surface area contributed by atoms with Gasteiger partial charge >= 0.3 is 0 Å². The van der Waals surface area contributed by atoms with Crippen molar-refractivity contribution in [2.45, 2.75) is 26.7 Å². The Kier molecular flexibility index (Phi) is 7.34. The Hall–Kier alpha value is -1.22. The van der Waals surface area contributed by atoms with Gasteiger partial charge in [0, 0.05) is 18.0 Å². The van der Waals surface area contributed by atoms with Crippen LogP contribution in [0.2, 0.25) is 0 Å². The van der Waals surface area contributed by atoms with Crippen molar-refractivity contribution in [2.24, 2.45) is 5.92 Å². The molecule has 0 saturated heterocycles. The molecule has 1 aromatic rings. The Morgan fingerprint density at radius 3 is 2.95 bits per heavy atom. The zero-order chi connectivity index (χ0) is 14.1. The van der Waals surface area contributed by atoms with Crippen molar-refractivity contribution in [1.29, 1.82) is 0 Å². The molecule has 1 atom stereocenters. The first-order valence-electron chi connectivity index (χ1n) is 6.74. The van der Waals surface area contributed by atoms with E-state index in [1.165, 1.54) is 0 Å². The summed E-state index contributed by atoms with van der Waals surface area (Å²) in [5, 5.41) is 2.91. The maximum Gasteiger partial charge on any atom is 0.251 e. The minimum Gasteiger partial charge on any atom is -0.494 e. The van der Waals surface area contributed by atoms with Crippen molar-refractivity contribution in [1.82, 2.24) is 5.32 Å². The number of alkyl halides is 1. The molecule has 1 aromatic carbocycles. The maximum atomic E-state index is 12.0. The van der Waals surface area contributed by atoms with E-state index in [1.54, 1.807) is 12.1 Å². The van der Waals surface area contributed by atoms with Crippen LogP contribution in [0.3, 0.4) is 0 Å². The molecule has 0 heterocycles. The van der Waals surface area contributed by atoms with Crippen LogP contribution in [0.4, 0.5) is 0 Å². The lowest BCUT2D eigenvalue weighted by Gasteiger charge is -2.11. The molecule has 1 unspecified atom stereocenters. The van der Waals surface area contributed by atoms with E-state index < -0.39 is 0 Å². The van der Waals surface area contributed by atoms with E-state index in [4.69, 9.17) is 16.3 Å². The quantitative estimate of drug-likeness (QED) is 0.742. The Bertz CT molecular complexity index is 395.